The molecule has 0 aliphatic carbocycles. The number of amides is 1. The molecule has 2 rings (SSSR count). The molecular formula is C14H26N2O. The number of hydrogen-bond donors (Lipinski definition) is 1. The lowest BCUT2D eigenvalue weighted by atomic mass is 9.98. The Labute approximate surface area is 105 Å². The summed E-state index contributed by atoms with van der Waals surface area (Å²) in [4.78, 5) is 14.5. The topological polar surface area (TPSA) is 32.3 Å². The lowest BCUT2D eigenvalue weighted by Crippen LogP contribution is -2.37. The molecule has 2 fully saturated rings. The largest absolute Gasteiger partial charge is 0.341 e. The van der Waals surface area contributed by atoms with E-state index >= 15 is 0 Å². The molecule has 3 heteroatoms. The summed E-state index contributed by atoms with van der Waals surface area (Å²) in [5.41, 5.74) is 0. The Balaban J connectivity index is 1.86. The van der Waals surface area contributed by atoms with E-state index < -0.39 is 0 Å². The zero-order valence-electron chi connectivity index (χ0n) is 11.2. The van der Waals surface area contributed by atoms with Crippen LogP contribution in [0.4, 0.5) is 0 Å². The highest BCUT2D eigenvalue weighted by Gasteiger charge is 2.39. The van der Waals surface area contributed by atoms with Crippen molar-refractivity contribution >= 4 is 5.91 Å². The smallest absolute Gasteiger partial charge is 0.225 e. The molecule has 0 aromatic heterocycles. The summed E-state index contributed by atoms with van der Waals surface area (Å²) in [6, 6.07) is 0.586. The van der Waals surface area contributed by atoms with E-state index in [1.54, 1.807) is 0 Å². The lowest BCUT2D eigenvalue weighted by molar-refractivity contribution is -0.135. The van der Waals surface area contributed by atoms with Crippen molar-refractivity contribution in [2.45, 2.75) is 52.0 Å². The standard InChI is InChI=1S/C14H26N2O/c1-3-5-6-11(4-2)14(17)16-9-12-7-8-15-13(12)10-16/h11-13,15H,3-10H2,1-2H3/t11?,12-,13+/m0/s1. The lowest BCUT2D eigenvalue weighted by Gasteiger charge is -2.23. The summed E-state index contributed by atoms with van der Waals surface area (Å²) in [5.74, 6) is 1.41. The van der Waals surface area contributed by atoms with Crippen molar-refractivity contribution in [1.82, 2.24) is 10.2 Å². The molecule has 2 heterocycles. The first kappa shape index (κ1) is 12.9. The molecule has 1 N–H and O–H groups in total. The highest BCUT2D eigenvalue weighted by Crippen LogP contribution is 2.27. The number of nitrogens with one attached hydrogen (secondary N) is 1. The minimum absolute atomic E-state index is 0.272. The van der Waals surface area contributed by atoms with Gasteiger partial charge in [0, 0.05) is 25.0 Å². The number of likely N-dealkylation sites (tertiary alicyclic amines) is 1. The fourth-order valence-electron chi connectivity index (χ4n) is 3.24. The van der Waals surface area contributed by atoms with Gasteiger partial charge < -0.3 is 10.2 Å². The minimum atomic E-state index is 0.272. The van der Waals surface area contributed by atoms with Crippen molar-refractivity contribution in [3.05, 3.63) is 0 Å². The van der Waals surface area contributed by atoms with Crippen LogP contribution in [0.15, 0.2) is 0 Å². The third-order valence-electron chi connectivity index (χ3n) is 4.42. The van der Waals surface area contributed by atoms with Crippen LogP contribution in [-0.2, 0) is 4.79 Å². The maximum absolute atomic E-state index is 12.4. The predicted octanol–water partition coefficient (Wildman–Crippen LogP) is 2.02. The molecule has 3 nitrogen and oxygen atoms in total. The van der Waals surface area contributed by atoms with Gasteiger partial charge in [-0.2, -0.15) is 0 Å². The number of hydrogen-bond acceptors (Lipinski definition) is 2. The average molecular weight is 238 g/mol. The van der Waals surface area contributed by atoms with Gasteiger partial charge in [0.2, 0.25) is 5.91 Å². The van der Waals surface area contributed by atoms with E-state index in [4.69, 9.17) is 0 Å². The van der Waals surface area contributed by atoms with Gasteiger partial charge in [0.1, 0.15) is 0 Å². The van der Waals surface area contributed by atoms with Gasteiger partial charge in [-0.3, -0.25) is 4.79 Å². The number of fused-ring (bicyclic) bond motifs is 1. The zero-order valence-corrected chi connectivity index (χ0v) is 11.2. The van der Waals surface area contributed by atoms with Gasteiger partial charge in [-0.05, 0) is 31.7 Å². The molecule has 2 aliphatic heterocycles. The summed E-state index contributed by atoms with van der Waals surface area (Å²) in [6.07, 6.45) is 5.70. The summed E-state index contributed by atoms with van der Waals surface area (Å²) in [5, 5.41) is 3.51. The van der Waals surface area contributed by atoms with Gasteiger partial charge in [-0.1, -0.05) is 26.7 Å². The molecule has 3 atom stereocenters. The molecule has 0 aromatic carbocycles. The molecule has 1 amide bonds. The highest BCUT2D eigenvalue weighted by atomic mass is 16.2. The van der Waals surface area contributed by atoms with Crippen LogP contribution in [0.25, 0.3) is 0 Å². The molecule has 0 radical (unpaired) electrons. The summed E-state index contributed by atoms with van der Waals surface area (Å²) in [6.45, 7) is 7.43. The van der Waals surface area contributed by atoms with Crippen LogP contribution in [0.2, 0.25) is 0 Å². The Bertz CT molecular complexity index is 255. The van der Waals surface area contributed by atoms with Gasteiger partial charge >= 0.3 is 0 Å². The van der Waals surface area contributed by atoms with E-state index in [1.165, 1.54) is 19.3 Å². The van der Waals surface area contributed by atoms with Crippen LogP contribution in [0.1, 0.15) is 46.0 Å². The molecule has 2 saturated heterocycles. The molecule has 0 saturated carbocycles. The molecule has 1 unspecified atom stereocenters. The summed E-state index contributed by atoms with van der Waals surface area (Å²) < 4.78 is 0. The van der Waals surface area contributed by atoms with Crippen molar-refractivity contribution in [2.75, 3.05) is 19.6 Å². The molecule has 0 aromatic rings. The van der Waals surface area contributed by atoms with Gasteiger partial charge in [0.15, 0.2) is 0 Å². The van der Waals surface area contributed by atoms with Crippen molar-refractivity contribution < 1.29 is 4.79 Å². The molecular weight excluding hydrogens is 212 g/mol. The number of unbranched alkanes of at least 4 members (excludes halogenated alkanes) is 1. The predicted molar refractivity (Wildman–Crippen MR) is 69.8 cm³/mol. The van der Waals surface area contributed by atoms with Crippen LogP contribution in [-0.4, -0.2) is 36.5 Å². The van der Waals surface area contributed by atoms with E-state index in [0.717, 1.165) is 38.4 Å². The molecule has 2 aliphatic rings. The Morgan fingerprint density at radius 1 is 1.41 bits per heavy atom. The second-order valence-corrected chi connectivity index (χ2v) is 5.60. The first-order chi connectivity index (χ1) is 8.26. The first-order valence-electron chi connectivity index (χ1n) is 7.28. The Morgan fingerprint density at radius 3 is 2.88 bits per heavy atom. The first-order valence-corrected chi connectivity index (χ1v) is 7.28. The van der Waals surface area contributed by atoms with Gasteiger partial charge in [0.05, 0.1) is 0 Å². The third kappa shape index (κ3) is 2.82. The van der Waals surface area contributed by atoms with E-state index in [1.807, 2.05) is 0 Å². The second-order valence-electron chi connectivity index (χ2n) is 5.60. The molecule has 0 spiro atoms. The van der Waals surface area contributed by atoms with Crippen LogP contribution < -0.4 is 5.32 Å². The Morgan fingerprint density at radius 2 is 2.24 bits per heavy atom. The minimum Gasteiger partial charge on any atom is -0.341 e. The van der Waals surface area contributed by atoms with Gasteiger partial charge in [-0.15, -0.1) is 0 Å². The Kier molecular flexibility index (Phi) is 4.43. The van der Waals surface area contributed by atoms with E-state index in [9.17, 15) is 4.79 Å². The highest BCUT2D eigenvalue weighted by molar-refractivity contribution is 5.79. The van der Waals surface area contributed by atoms with Gasteiger partial charge in [-0.25, -0.2) is 0 Å². The van der Waals surface area contributed by atoms with Crippen molar-refractivity contribution in [3.63, 3.8) is 0 Å². The normalized spacial score (nSPS) is 29.4. The number of rotatable bonds is 5. The van der Waals surface area contributed by atoms with Crippen LogP contribution >= 0.6 is 0 Å². The fraction of sp³-hybridized carbons (Fsp3) is 0.929. The number of carbonyl (C=O) groups excluding carboxylic acids is 1. The van der Waals surface area contributed by atoms with E-state index in [0.29, 0.717) is 11.9 Å². The van der Waals surface area contributed by atoms with Crippen LogP contribution in [0.5, 0.6) is 0 Å². The van der Waals surface area contributed by atoms with Crippen LogP contribution in [0, 0.1) is 11.8 Å². The maximum atomic E-state index is 12.4. The molecule has 17 heavy (non-hydrogen) atoms. The van der Waals surface area contributed by atoms with E-state index in [-0.39, 0.29) is 5.92 Å². The quantitative estimate of drug-likeness (QED) is 0.795. The summed E-state index contributed by atoms with van der Waals surface area (Å²) in [7, 11) is 0. The average Bonchev–Trinajstić information content (AvgIpc) is 2.89. The monoisotopic (exact) mass is 238 g/mol. The molecule has 0 bridgehead atoms. The maximum Gasteiger partial charge on any atom is 0.225 e. The SMILES string of the molecule is CCCCC(CC)C(=O)N1C[C@@H]2CCN[C@@H]2C1. The number of carbonyl (C=O) groups is 1. The zero-order chi connectivity index (χ0) is 12.3. The molecule has 98 valence electrons. The van der Waals surface area contributed by atoms with Crippen molar-refractivity contribution in [2.24, 2.45) is 11.8 Å². The van der Waals surface area contributed by atoms with Crippen LogP contribution in [0.3, 0.4) is 0 Å². The number of nitrogens with zero attached hydrogens (tertiary/aromatic N) is 1. The van der Waals surface area contributed by atoms with Crippen molar-refractivity contribution in [3.8, 4) is 0 Å². The van der Waals surface area contributed by atoms with Gasteiger partial charge in [0.25, 0.3) is 0 Å². The van der Waals surface area contributed by atoms with E-state index in [2.05, 4.69) is 24.1 Å². The summed E-state index contributed by atoms with van der Waals surface area (Å²) >= 11 is 0. The van der Waals surface area contributed by atoms with Crippen molar-refractivity contribution in [1.29, 1.82) is 0 Å². The second kappa shape index (κ2) is 5.85. The third-order valence-corrected chi connectivity index (χ3v) is 4.42. The fourth-order valence-corrected chi connectivity index (χ4v) is 3.24. The Hall–Kier alpha value is -0.570.